The first-order valence-corrected chi connectivity index (χ1v) is 6.58. The minimum absolute atomic E-state index is 0.0565. The van der Waals surface area contributed by atoms with Crippen LogP contribution in [0.4, 0.5) is 5.69 Å². The number of carbonyl (C=O) groups is 1. The number of anilines is 1. The Morgan fingerprint density at radius 1 is 1.23 bits per heavy atom. The number of hydrogen-bond donors (Lipinski definition) is 2. The molecule has 0 fully saturated rings. The van der Waals surface area contributed by atoms with Gasteiger partial charge in [-0.05, 0) is 24.3 Å². The molecular formula is C16H13N3O3. The van der Waals surface area contributed by atoms with Crippen molar-refractivity contribution in [3.8, 4) is 11.5 Å². The van der Waals surface area contributed by atoms with Crippen LogP contribution in [0.1, 0.15) is 11.1 Å². The molecule has 6 heteroatoms. The van der Waals surface area contributed by atoms with Gasteiger partial charge in [0.25, 0.3) is 5.91 Å². The van der Waals surface area contributed by atoms with E-state index in [1.165, 1.54) is 19.4 Å². The number of ether oxygens (including phenoxy) is 1. The highest BCUT2D eigenvalue weighted by atomic mass is 16.5. The number of methoxy groups -OCH3 is 1. The van der Waals surface area contributed by atoms with E-state index in [1.807, 2.05) is 12.1 Å². The molecule has 0 aromatic heterocycles. The lowest BCUT2D eigenvalue weighted by molar-refractivity contribution is -0.110. The van der Waals surface area contributed by atoms with E-state index in [1.54, 1.807) is 24.3 Å². The van der Waals surface area contributed by atoms with Gasteiger partial charge in [0.05, 0.1) is 19.0 Å². The standard InChI is InChI=1S/C16H13N3O3/c1-22-11-6-7-14(20)10(8-11)9-17-19-15-12-4-2-3-5-13(12)18-16(15)21/h2-9,20H,1H3,(H,18,19,21). The van der Waals surface area contributed by atoms with Gasteiger partial charge in [0, 0.05) is 11.1 Å². The van der Waals surface area contributed by atoms with Crippen molar-refractivity contribution in [3.63, 3.8) is 0 Å². The number of carbonyl (C=O) groups excluding carboxylic acids is 1. The lowest BCUT2D eigenvalue weighted by Gasteiger charge is -2.02. The van der Waals surface area contributed by atoms with Crippen molar-refractivity contribution < 1.29 is 14.6 Å². The maximum Gasteiger partial charge on any atom is 0.276 e. The molecule has 6 nitrogen and oxygen atoms in total. The minimum Gasteiger partial charge on any atom is -0.507 e. The third-order valence-electron chi connectivity index (χ3n) is 3.23. The summed E-state index contributed by atoms with van der Waals surface area (Å²) < 4.78 is 5.08. The number of hydrogen-bond acceptors (Lipinski definition) is 5. The summed E-state index contributed by atoms with van der Waals surface area (Å²) in [7, 11) is 1.54. The molecule has 1 aliphatic heterocycles. The third kappa shape index (κ3) is 2.54. The zero-order chi connectivity index (χ0) is 15.5. The van der Waals surface area contributed by atoms with Crippen LogP contribution >= 0.6 is 0 Å². The van der Waals surface area contributed by atoms with Crippen LogP contribution < -0.4 is 10.1 Å². The molecule has 0 bridgehead atoms. The summed E-state index contributed by atoms with van der Waals surface area (Å²) in [5.41, 5.74) is 2.12. The summed E-state index contributed by atoms with van der Waals surface area (Å²) in [4.78, 5) is 11.9. The number of fused-ring (bicyclic) bond motifs is 1. The first-order valence-electron chi connectivity index (χ1n) is 6.58. The maximum absolute atomic E-state index is 11.9. The number of benzene rings is 2. The highest BCUT2D eigenvalue weighted by Gasteiger charge is 2.25. The monoisotopic (exact) mass is 295 g/mol. The molecule has 110 valence electrons. The lowest BCUT2D eigenvalue weighted by atomic mass is 10.1. The zero-order valence-corrected chi connectivity index (χ0v) is 11.8. The predicted molar refractivity (Wildman–Crippen MR) is 83.9 cm³/mol. The third-order valence-corrected chi connectivity index (χ3v) is 3.23. The molecule has 0 spiro atoms. The van der Waals surface area contributed by atoms with E-state index < -0.39 is 0 Å². The molecule has 3 rings (SSSR count). The first-order chi connectivity index (χ1) is 10.7. The largest absolute Gasteiger partial charge is 0.507 e. The van der Waals surface area contributed by atoms with E-state index in [0.717, 1.165) is 0 Å². The summed E-state index contributed by atoms with van der Waals surface area (Å²) in [5.74, 6) is 0.352. The molecule has 2 aromatic carbocycles. The first kappa shape index (κ1) is 13.8. The fourth-order valence-electron chi connectivity index (χ4n) is 2.11. The molecule has 0 saturated heterocycles. The van der Waals surface area contributed by atoms with Gasteiger partial charge in [0.1, 0.15) is 11.5 Å². The molecule has 2 aromatic rings. The van der Waals surface area contributed by atoms with Crippen molar-refractivity contribution in [1.29, 1.82) is 0 Å². The maximum atomic E-state index is 11.9. The van der Waals surface area contributed by atoms with Gasteiger partial charge in [-0.2, -0.15) is 5.10 Å². The SMILES string of the molecule is COc1ccc(O)c(C=NN=C2C(=O)Nc3ccccc32)c1. The minimum atomic E-state index is -0.298. The van der Waals surface area contributed by atoms with E-state index in [9.17, 15) is 9.90 Å². The summed E-state index contributed by atoms with van der Waals surface area (Å²) in [6.07, 6.45) is 1.37. The molecule has 0 atom stereocenters. The van der Waals surface area contributed by atoms with Crippen molar-refractivity contribution in [3.05, 3.63) is 53.6 Å². The number of para-hydroxylation sites is 1. The van der Waals surface area contributed by atoms with Crippen LogP contribution in [-0.4, -0.2) is 30.0 Å². The van der Waals surface area contributed by atoms with Gasteiger partial charge in [-0.25, -0.2) is 0 Å². The Bertz CT molecular complexity index is 797. The molecule has 1 heterocycles. The Kier molecular flexibility index (Phi) is 3.57. The molecule has 2 N–H and O–H groups in total. The average molecular weight is 295 g/mol. The number of nitrogens with zero attached hydrogens (tertiary/aromatic N) is 2. The number of phenols is 1. The second-order valence-corrected chi connectivity index (χ2v) is 4.62. The number of phenolic OH excluding ortho intramolecular Hbond substituents is 1. The Hall–Kier alpha value is -3.15. The van der Waals surface area contributed by atoms with Gasteiger partial charge in [-0.15, -0.1) is 5.10 Å². The van der Waals surface area contributed by atoms with Crippen LogP contribution in [-0.2, 0) is 4.79 Å². The molecule has 1 aliphatic rings. The molecule has 0 aliphatic carbocycles. The topological polar surface area (TPSA) is 83.3 Å². The second kappa shape index (κ2) is 5.69. The van der Waals surface area contributed by atoms with Gasteiger partial charge in [-0.3, -0.25) is 4.79 Å². The summed E-state index contributed by atoms with van der Waals surface area (Å²) in [5, 5.41) is 20.3. The number of amides is 1. The molecule has 0 radical (unpaired) electrons. The normalized spacial score (nSPS) is 15.1. The Balaban J connectivity index is 1.90. The summed E-state index contributed by atoms with van der Waals surface area (Å²) in [6.45, 7) is 0. The van der Waals surface area contributed by atoms with E-state index >= 15 is 0 Å². The average Bonchev–Trinajstić information content (AvgIpc) is 2.85. The van der Waals surface area contributed by atoms with Gasteiger partial charge in [0.15, 0.2) is 5.71 Å². The predicted octanol–water partition coefficient (Wildman–Crippen LogP) is 2.18. The number of nitrogens with one attached hydrogen (secondary N) is 1. The van der Waals surface area contributed by atoms with Crippen molar-refractivity contribution in [2.24, 2.45) is 10.2 Å². The van der Waals surface area contributed by atoms with E-state index in [4.69, 9.17) is 4.74 Å². The van der Waals surface area contributed by atoms with Crippen LogP contribution in [0.25, 0.3) is 0 Å². The van der Waals surface area contributed by atoms with E-state index in [-0.39, 0.29) is 17.4 Å². The molecule has 0 unspecified atom stereocenters. The van der Waals surface area contributed by atoms with Gasteiger partial charge in [-0.1, -0.05) is 18.2 Å². The van der Waals surface area contributed by atoms with Crippen molar-refractivity contribution >= 4 is 23.5 Å². The van der Waals surface area contributed by atoms with Crippen molar-refractivity contribution in [2.75, 3.05) is 12.4 Å². The molecule has 22 heavy (non-hydrogen) atoms. The summed E-state index contributed by atoms with van der Waals surface area (Å²) in [6, 6.07) is 12.0. The Labute approximate surface area is 126 Å². The highest BCUT2D eigenvalue weighted by molar-refractivity contribution is 6.53. The van der Waals surface area contributed by atoms with Crippen LogP contribution in [0.3, 0.4) is 0 Å². The molecule has 1 amide bonds. The molecule has 0 saturated carbocycles. The van der Waals surface area contributed by atoms with E-state index in [2.05, 4.69) is 15.5 Å². The van der Waals surface area contributed by atoms with Crippen molar-refractivity contribution in [2.45, 2.75) is 0 Å². The Morgan fingerprint density at radius 3 is 2.86 bits per heavy atom. The fraction of sp³-hybridized carbons (Fsp3) is 0.0625. The van der Waals surface area contributed by atoms with Crippen LogP contribution in [0.15, 0.2) is 52.7 Å². The lowest BCUT2D eigenvalue weighted by Crippen LogP contribution is -2.13. The highest BCUT2D eigenvalue weighted by Crippen LogP contribution is 2.23. The number of rotatable bonds is 3. The van der Waals surface area contributed by atoms with E-state index in [0.29, 0.717) is 22.6 Å². The smallest absolute Gasteiger partial charge is 0.276 e. The van der Waals surface area contributed by atoms with Crippen LogP contribution in [0, 0.1) is 0 Å². The Morgan fingerprint density at radius 2 is 2.05 bits per heavy atom. The fourth-order valence-corrected chi connectivity index (χ4v) is 2.11. The summed E-state index contributed by atoms with van der Waals surface area (Å²) >= 11 is 0. The second-order valence-electron chi connectivity index (χ2n) is 4.62. The molecular weight excluding hydrogens is 282 g/mol. The van der Waals surface area contributed by atoms with Crippen molar-refractivity contribution in [1.82, 2.24) is 0 Å². The van der Waals surface area contributed by atoms with Gasteiger partial charge in [0.2, 0.25) is 0 Å². The van der Waals surface area contributed by atoms with Crippen LogP contribution in [0.5, 0.6) is 11.5 Å². The van der Waals surface area contributed by atoms with Crippen LogP contribution in [0.2, 0.25) is 0 Å². The number of aromatic hydroxyl groups is 1. The zero-order valence-electron chi connectivity index (χ0n) is 11.8. The van der Waals surface area contributed by atoms with Gasteiger partial charge >= 0.3 is 0 Å². The van der Waals surface area contributed by atoms with Gasteiger partial charge < -0.3 is 15.2 Å². The quantitative estimate of drug-likeness (QED) is 0.672.